The van der Waals surface area contributed by atoms with Crippen LogP contribution in [0.4, 0.5) is 22.7 Å². The van der Waals surface area contributed by atoms with E-state index in [1.54, 1.807) is 0 Å². The molecule has 0 aliphatic rings. The molecule has 0 saturated heterocycles. The number of aromatic nitrogens is 1. The molecule has 0 saturated carbocycles. The van der Waals surface area contributed by atoms with E-state index in [-0.39, 0.29) is 10.7 Å². The lowest BCUT2D eigenvalue weighted by Gasteiger charge is -2.17. The van der Waals surface area contributed by atoms with Gasteiger partial charge in [-0.2, -0.15) is 13.2 Å². The van der Waals surface area contributed by atoms with Gasteiger partial charge in [0.15, 0.2) is 5.13 Å². The summed E-state index contributed by atoms with van der Waals surface area (Å²) < 4.78 is 52.2. The molecular weight excluding hydrogens is 330 g/mol. The van der Waals surface area contributed by atoms with Gasteiger partial charge in [-0.15, -0.1) is 11.3 Å². The van der Waals surface area contributed by atoms with Crippen molar-refractivity contribution < 1.29 is 17.6 Å². The molecule has 0 aliphatic carbocycles. The highest BCUT2D eigenvalue weighted by Gasteiger charge is 2.32. The molecule has 1 aromatic heterocycles. The maximum Gasteiger partial charge on any atom is 0.416 e. The second-order valence-electron chi connectivity index (χ2n) is 5.01. The minimum Gasteiger partial charge on any atom is -0.375 e. The summed E-state index contributed by atoms with van der Waals surface area (Å²) in [6.45, 7) is 6.04. The van der Waals surface area contributed by atoms with Gasteiger partial charge in [-0.3, -0.25) is 4.90 Å². The molecule has 2 N–H and O–H groups in total. The summed E-state index contributed by atoms with van der Waals surface area (Å²) in [5, 5.41) is 0.250. The van der Waals surface area contributed by atoms with Crippen LogP contribution in [0.15, 0.2) is 18.2 Å². The van der Waals surface area contributed by atoms with Crippen LogP contribution in [-0.4, -0.2) is 23.0 Å². The van der Waals surface area contributed by atoms with E-state index in [2.05, 4.69) is 9.88 Å². The van der Waals surface area contributed by atoms with Crippen molar-refractivity contribution >= 4 is 16.5 Å². The van der Waals surface area contributed by atoms with Gasteiger partial charge in [0, 0.05) is 17.0 Å². The van der Waals surface area contributed by atoms with E-state index >= 15 is 0 Å². The molecule has 0 bridgehead atoms. The average molecular weight is 347 g/mol. The van der Waals surface area contributed by atoms with Crippen LogP contribution in [0.3, 0.4) is 0 Å². The predicted octanol–water partition coefficient (Wildman–Crippen LogP) is 4.39. The van der Waals surface area contributed by atoms with Crippen molar-refractivity contribution in [2.75, 3.05) is 18.8 Å². The molecule has 0 fully saturated rings. The number of nitrogen functional groups attached to an aromatic ring is 1. The summed E-state index contributed by atoms with van der Waals surface area (Å²) in [5.74, 6) is -0.949. The summed E-state index contributed by atoms with van der Waals surface area (Å²) in [4.78, 5) is 6.91. The van der Waals surface area contributed by atoms with Gasteiger partial charge in [-0.25, -0.2) is 9.37 Å². The monoisotopic (exact) mass is 347 g/mol. The van der Waals surface area contributed by atoms with Gasteiger partial charge in [0.2, 0.25) is 0 Å². The van der Waals surface area contributed by atoms with Crippen LogP contribution >= 0.6 is 11.3 Å². The zero-order valence-corrected chi connectivity index (χ0v) is 13.6. The fraction of sp³-hybridized carbons (Fsp3) is 0.400. The van der Waals surface area contributed by atoms with Gasteiger partial charge >= 0.3 is 6.18 Å². The Morgan fingerprint density at radius 3 is 2.39 bits per heavy atom. The highest BCUT2D eigenvalue weighted by molar-refractivity contribution is 7.15. The maximum absolute atomic E-state index is 13.6. The smallest absolute Gasteiger partial charge is 0.375 e. The number of benzene rings is 1. The third-order valence-corrected chi connectivity index (χ3v) is 4.34. The molecule has 3 nitrogen and oxygen atoms in total. The summed E-state index contributed by atoms with van der Waals surface area (Å²) in [6, 6.07) is 2.43. The van der Waals surface area contributed by atoms with Gasteiger partial charge in [-0.1, -0.05) is 13.8 Å². The van der Waals surface area contributed by atoms with E-state index < -0.39 is 17.6 Å². The summed E-state index contributed by atoms with van der Waals surface area (Å²) in [5.41, 5.74) is 5.08. The number of hydrogen-bond donors (Lipinski definition) is 1. The lowest BCUT2D eigenvalue weighted by Crippen LogP contribution is -2.21. The van der Waals surface area contributed by atoms with E-state index in [1.807, 2.05) is 13.8 Å². The second-order valence-corrected chi connectivity index (χ2v) is 6.13. The van der Waals surface area contributed by atoms with Crippen LogP contribution in [0.2, 0.25) is 0 Å². The maximum atomic E-state index is 13.6. The van der Waals surface area contributed by atoms with Gasteiger partial charge in [0.25, 0.3) is 0 Å². The predicted molar refractivity (Wildman–Crippen MR) is 83.5 cm³/mol. The fourth-order valence-corrected chi connectivity index (χ4v) is 3.14. The number of thiazole rings is 1. The Bertz CT molecular complexity index is 678. The first-order valence-corrected chi connectivity index (χ1v) is 7.92. The van der Waals surface area contributed by atoms with Crippen LogP contribution in [0, 0.1) is 5.82 Å². The quantitative estimate of drug-likeness (QED) is 0.816. The average Bonchev–Trinajstić information content (AvgIpc) is 2.84. The Morgan fingerprint density at radius 1 is 1.17 bits per heavy atom. The topological polar surface area (TPSA) is 42.1 Å². The highest BCUT2D eigenvalue weighted by atomic mass is 32.1. The Balaban J connectivity index is 2.48. The highest BCUT2D eigenvalue weighted by Crippen LogP contribution is 2.36. The Kier molecular flexibility index (Phi) is 5.26. The van der Waals surface area contributed by atoms with Gasteiger partial charge in [0.05, 0.1) is 11.3 Å². The summed E-state index contributed by atoms with van der Waals surface area (Å²) in [6.07, 6.45) is -4.61. The first kappa shape index (κ1) is 17.7. The van der Waals surface area contributed by atoms with E-state index in [9.17, 15) is 17.6 Å². The van der Waals surface area contributed by atoms with Crippen molar-refractivity contribution in [1.29, 1.82) is 0 Å². The summed E-state index contributed by atoms with van der Waals surface area (Å²) >= 11 is 1.21. The molecule has 0 amide bonds. The minimum atomic E-state index is -4.61. The van der Waals surface area contributed by atoms with E-state index in [0.29, 0.717) is 18.3 Å². The van der Waals surface area contributed by atoms with Crippen molar-refractivity contribution in [2.45, 2.75) is 26.6 Å². The third-order valence-electron chi connectivity index (χ3n) is 3.47. The van der Waals surface area contributed by atoms with Crippen molar-refractivity contribution in [2.24, 2.45) is 0 Å². The number of nitrogens with two attached hydrogens (primary N) is 1. The van der Waals surface area contributed by atoms with Crippen molar-refractivity contribution in [1.82, 2.24) is 9.88 Å². The molecule has 2 aromatic rings. The molecule has 0 atom stereocenters. The zero-order valence-electron chi connectivity index (χ0n) is 12.7. The number of hydrogen-bond acceptors (Lipinski definition) is 4. The van der Waals surface area contributed by atoms with Crippen molar-refractivity contribution in [3.63, 3.8) is 0 Å². The van der Waals surface area contributed by atoms with Crippen molar-refractivity contribution in [3.8, 4) is 11.3 Å². The molecule has 0 unspecified atom stereocenters. The van der Waals surface area contributed by atoms with Crippen LogP contribution in [0.5, 0.6) is 0 Å². The third kappa shape index (κ3) is 4.20. The number of alkyl halides is 3. The Labute approximate surface area is 135 Å². The molecule has 126 valence electrons. The molecule has 0 aliphatic heterocycles. The standard InChI is InChI=1S/C15H17F4N3S/c1-3-22(4-2)8-12-13(21-14(20)23-12)9-5-10(15(17,18)19)7-11(16)6-9/h5-7H,3-4,8H2,1-2H3,(H2,20,21). The van der Waals surface area contributed by atoms with Crippen LogP contribution in [0.25, 0.3) is 11.3 Å². The van der Waals surface area contributed by atoms with E-state index in [4.69, 9.17) is 5.73 Å². The van der Waals surface area contributed by atoms with Crippen LogP contribution < -0.4 is 5.73 Å². The van der Waals surface area contributed by atoms with Crippen LogP contribution in [-0.2, 0) is 12.7 Å². The number of nitrogens with zero attached hydrogens (tertiary/aromatic N) is 2. The van der Waals surface area contributed by atoms with Gasteiger partial charge in [0.1, 0.15) is 5.82 Å². The SMILES string of the molecule is CCN(CC)Cc1sc(N)nc1-c1cc(F)cc(C(F)(F)F)c1. The van der Waals surface area contributed by atoms with Crippen molar-refractivity contribution in [3.05, 3.63) is 34.5 Å². The largest absolute Gasteiger partial charge is 0.416 e. The molecule has 8 heteroatoms. The first-order valence-electron chi connectivity index (χ1n) is 7.10. The normalized spacial score (nSPS) is 12.1. The fourth-order valence-electron chi connectivity index (χ4n) is 2.24. The molecule has 0 spiro atoms. The number of rotatable bonds is 5. The zero-order chi connectivity index (χ0) is 17.2. The number of anilines is 1. The summed E-state index contributed by atoms with van der Waals surface area (Å²) in [7, 11) is 0. The molecule has 0 radical (unpaired) electrons. The lowest BCUT2D eigenvalue weighted by atomic mass is 10.1. The molecule has 1 aromatic carbocycles. The van der Waals surface area contributed by atoms with Crippen LogP contribution in [0.1, 0.15) is 24.3 Å². The van der Waals surface area contributed by atoms with E-state index in [1.165, 1.54) is 11.3 Å². The first-order chi connectivity index (χ1) is 10.7. The molecular formula is C15H17F4N3S. The van der Waals surface area contributed by atoms with Gasteiger partial charge < -0.3 is 5.73 Å². The van der Waals surface area contributed by atoms with E-state index in [0.717, 1.165) is 30.1 Å². The molecule has 1 heterocycles. The molecule has 23 heavy (non-hydrogen) atoms. The van der Waals surface area contributed by atoms with Gasteiger partial charge in [-0.05, 0) is 31.3 Å². The Hall–Kier alpha value is -1.67. The second kappa shape index (κ2) is 6.84. The molecule has 2 rings (SSSR count). The number of halogens is 4. The Morgan fingerprint density at radius 2 is 1.83 bits per heavy atom. The minimum absolute atomic E-state index is 0.0902. The lowest BCUT2D eigenvalue weighted by molar-refractivity contribution is -0.137.